The first-order chi connectivity index (χ1) is 16.5. The number of nitrogens with zero attached hydrogens (tertiary/aromatic N) is 4. The molecule has 3 aromatic rings. The molecule has 9 heteroatoms. The summed E-state index contributed by atoms with van der Waals surface area (Å²) in [5, 5.41) is 16.3. The van der Waals surface area contributed by atoms with Gasteiger partial charge in [0.15, 0.2) is 11.0 Å². The van der Waals surface area contributed by atoms with Crippen LogP contribution in [0.15, 0.2) is 71.4 Å². The molecule has 0 saturated heterocycles. The molecule has 2 aromatic carbocycles. The van der Waals surface area contributed by atoms with Crippen molar-refractivity contribution >= 4 is 29.6 Å². The molecule has 0 aliphatic rings. The van der Waals surface area contributed by atoms with Crippen LogP contribution in [0.5, 0.6) is 5.75 Å². The molecular formula is C25H30N6O2S. The molecule has 0 saturated carbocycles. The van der Waals surface area contributed by atoms with E-state index in [2.05, 4.69) is 51.7 Å². The number of thioether (sulfide) groups is 1. The number of hydrogen-bond acceptors (Lipinski definition) is 7. The third-order valence-corrected chi connectivity index (χ3v) is 5.92. The zero-order valence-corrected chi connectivity index (χ0v) is 20.5. The van der Waals surface area contributed by atoms with Gasteiger partial charge in [-0.2, -0.15) is 5.10 Å². The minimum atomic E-state index is -0.414. The molecule has 8 nitrogen and oxygen atoms in total. The fourth-order valence-electron chi connectivity index (χ4n) is 2.99. The van der Waals surface area contributed by atoms with Crippen LogP contribution >= 0.6 is 11.8 Å². The Kier molecular flexibility index (Phi) is 9.28. The van der Waals surface area contributed by atoms with Crippen LogP contribution in [0, 0.1) is 6.92 Å². The zero-order valence-electron chi connectivity index (χ0n) is 19.7. The van der Waals surface area contributed by atoms with Gasteiger partial charge in [-0.25, -0.2) is 5.43 Å². The van der Waals surface area contributed by atoms with E-state index in [0.29, 0.717) is 24.9 Å². The number of rotatable bonds is 12. The number of anilines is 1. The Morgan fingerprint density at radius 3 is 2.62 bits per heavy atom. The van der Waals surface area contributed by atoms with Crippen LogP contribution in [0.2, 0.25) is 0 Å². The van der Waals surface area contributed by atoms with E-state index < -0.39 is 5.25 Å². The van der Waals surface area contributed by atoms with Crippen molar-refractivity contribution in [2.75, 3.05) is 11.9 Å². The molecule has 0 unspecified atom stereocenters. The number of aromatic nitrogens is 3. The molecule has 0 spiro atoms. The van der Waals surface area contributed by atoms with Gasteiger partial charge in [-0.05, 0) is 62.7 Å². The Labute approximate surface area is 204 Å². The molecule has 3 rings (SSSR count). The van der Waals surface area contributed by atoms with Crippen LogP contribution in [0.1, 0.15) is 30.8 Å². The van der Waals surface area contributed by atoms with Gasteiger partial charge in [-0.3, -0.25) is 4.79 Å². The molecule has 1 heterocycles. The summed E-state index contributed by atoms with van der Waals surface area (Å²) < 4.78 is 7.37. The molecule has 0 aliphatic carbocycles. The topological polar surface area (TPSA) is 93.4 Å². The van der Waals surface area contributed by atoms with Crippen LogP contribution in [-0.4, -0.2) is 38.7 Å². The van der Waals surface area contributed by atoms with Crippen molar-refractivity contribution in [1.29, 1.82) is 0 Å². The lowest BCUT2D eigenvalue weighted by Gasteiger charge is -2.12. The van der Waals surface area contributed by atoms with E-state index in [1.807, 2.05) is 54.8 Å². The van der Waals surface area contributed by atoms with Crippen molar-refractivity contribution in [2.24, 2.45) is 5.10 Å². The van der Waals surface area contributed by atoms with Crippen molar-refractivity contribution in [2.45, 2.75) is 44.3 Å². The molecule has 1 aromatic heterocycles. The molecule has 0 bridgehead atoms. The summed E-state index contributed by atoms with van der Waals surface area (Å²) in [5.74, 6) is 1.34. The van der Waals surface area contributed by atoms with Gasteiger partial charge in [-0.15, -0.1) is 16.8 Å². The maximum Gasteiger partial charge on any atom is 0.253 e. The molecule has 178 valence electrons. The molecule has 0 radical (unpaired) electrons. The van der Waals surface area contributed by atoms with Gasteiger partial charge < -0.3 is 14.6 Å². The van der Waals surface area contributed by atoms with Crippen molar-refractivity contribution in [3.63, 3.8) is 0 Å². The number of nitrogens with one attached hydrogen (secondary N) is 2. The first-order valence-corrected chi connectivity index (χ1v) is 11.9. The van der Waals surface area contributed by atoms with Gasteiger partial charge in [0, 0.05) is 12.2 Å². The average Bonchev–Trinajstić information content (AvgIpc) is 3.21. The lowest BCUT2D eigenvalue weighted by Crippen LogP contribution is -2.27. The van der Waals surface area contributed by atoms with Crippen molar-refractivity contribution in [1.82, 2.24) is 20.2 Å². The molecule has 0 fully saturated rings. The van der Waals surface area contributed by atoms with Gasteiger partial charge >= 0.3 is 0 Å². The Morgan fingerprint density at radius 2 is 1.94 bits per heavy atom. The summed E-state index contributed by atoms with van der Waals surface area (Å²) in [6.07, 6.45) is 3.38. The van der Waals surface area contributed by atoms with Gasteiger partial charge in [0.2, 0.25) is 0 Å². The summed E-state index contributed by atoms with van der Waals surface area (Å²) >= 11 is 1.33. The van der Waals surface area contributed by atoms with Crippen LogP contribution in [0.4, 0.5) is 5.69 Å². The van der Waals surface area contributed by atoms with Crippen molar-refractivity contribution in [3.8, 4) is 5.75 Å². The molecule has 0 aliphatic heterocycles. The molecule has 1 amide bonds. The monoisotopic (exact) mass is 478 g/mol. The fourth-order valence-corrected chi connectivity index (χ4v) is 3.86. The summed E-state index contributed by atoms with van der Waals surface area (Å²) in [6.45, 7) is 11.3. The van der Waals surface area contributed by atoms with E-state index >= 15 is 0 Å². The van der Waals surface area contributed by atoms with Gasteiger partial charge in [0.1, 0.15) is 5.75 Å². The first kappa shape index (κ1) is 25.0. The van der Waals surface area contributed by atoms with E-state index in [9.17, 15) is 4.79 Å². The average molecular weight is 479 g/mol. The van der Waals surface area contributed by atoms with Crippen LogP contribution in [0.25, 0.3) is 0 Å². The van der Waals surface area contributed by atoms with Crippen molar-refractivity contribution in [3.05, 3.63) is 78.1 Å². The first-order valence-electron chi connectivity index (χ1n) is 11.1. The third-order valence-electron chi connectivity index (χ3n) is 4.84. The SMILES string of the molecule is C=CCn1c(CNc2ccc(C)cc2)nnc1S[C@@H](C)C(=O)NN=Cc1ccc(OCC)cc1. The lowest BCUT2D eigenvalue weighted by atomic mass is 10.2. The minimum absolute atomic E-state index is 0.223. The summed E-state index contributed by atoms with van der Waals surface area (Å²) in [4.78, 5) is 12.5. The molecular weight excluding hydrogens is 448 g/mol. The second-order valence-corrected chi connectivity index (χ2v) is 8.82. The smallest absolute Gasteiger partial charge is 0.253 e. The van der Waals surface area contributed by atoms with Gasteiger partial charge in [-0.1, -0.05) is 35.5 Å². The highest BCUT2D eigenvalue weighted by molar-refractivity contribution is 8.00. The maximum atomic E-state index is 12.5. The van der Waals surface area contributed by atoms with Crippen LogP contribution < -0.4 is 15.5 Å². The number of ether oxygens (including phenoxy) is 1. The number of hydrogen-bond donors (Lipinski definition) is 2. The normalized spacial score (nSPS) is 11.9. The largest absolute Gasteiger partial charge is 0.494 e. The Balaban J connectivity index is 1.57. The molecule has 2 N–H and O–H groups in total. The highest BCUT2D eigenvalue weighted by Gasteiger charge is 2.19. The quantitative estimate of drug-likeness (QED) is 0.173. The Hall–Kier alpha value is -3.59. The number of carbonyl (C=O) groups excluding carboxylic acids is 1. The summed E-state index contributed by atoms with van der Waals surface area (Å²) in [7, 11) is 0. The highest BCUT2D eigenvalue weighted by Crippen LogP contribution is 2.23. The minimum Gasteiger partial charge on any atom is -0.494 e. The van der Waals surface area contributed by atoms with E-state index in [-0.39, 0.29) is 5.91 Å². The second-order valence-electron chi connectivity index (χ2n) is 7.51. The lowest BCUT2D eigenvalue weighted by molar-refractivity contribution is -0.120. The fraction of sp³-hybridized carbons (Fsp3) is 0.280. The molecule has 1 atom stereocenters. The Bertz CT molecular complexity index is 1110. The van der Waals surface area contributed by atoms with Crippen LogP contribution in [-0.2, 0) is 17.9 Å². The number of carbonyl (C=O) groups is 1. The maximum absolute atomic E-state index is 12.5. The van der Waals surface area contributed by atoms with E-state index in [4.69, 9.17) is 4.74 Å². The number of aryl methyl sites for hydroxylation is 1. The number of benzene rings is 2. The van der Waals surface area contributed by atoms with E-state index in [0.717, 1.165) is 22.8 Å². The van der Waals surface area contributed by atoms with Crippen LogP contribution in [0.3, 0.4) is 0 Å². The number of hydrazone groups is 1. The predicted octanol–water partition coefficient (Wildman–Crippen LogP) is 4.41. The standard InChI is InChI=1S/C25H30N6O2S/c1-5-15-31-23(17-26-21-11-7-18(3)8-12-21)28-30-25(31)34-19(4)24(32)29-27-16-20-9-13-22(14-10-20)33-6-2/h5,7-14,16,19,26H,1,6,15,17H2,2-4H3,(H,29,32)/t19-/m0/s1. The summed E-state index contributed by atoms with van der Waals surface area (Å²) in [5.41, 5.74) is 5.66. The predicted molar refractivity (Wildman–Crippen MR) is 137 cm³/mol. The summed E-state index contributed by atoms with van der Waals surface area (Å²) in [6, 6.07) is 15.6. The molecule has 34 heavy (non-hydrogen) atoms. The van der Waals surface area contributed by atoms with E-state index in [1.54, 1.807) is 12.3 Å². The Morgan fingerprint density at radius 1 is 1.21 bits per heavy atom. The number of allylic oxidation sites excluding steroid dienone is 1. The van der Waals surface area contributed by atoms with E-state index in [1.165, 1.54) is 17.3 Å². The van der Waals surface area contributed by atoms with Gasteiger partial charge in [0.05, 0.1) is 24.6 Å². The van der Waals surface area contributed by atoms with Crippen molar-refractivity contribution < 1.29 is 9.53 Å². The second kappa shape index (κ2) is 12.6. The number of amides is 1. The third kappa shape index (κ3) is 7.21. The highest BCUT2D eigenvalue weighted by atomic mass is 32.2. The zero-order chi connectivity index (χ0) is 24.3. The van der Waals surface area contributed by atoms with Gasteiger partial charge in [0.25, 0.3) is 5.91 Å².